The van der Waals surface area contributed by atoms with Gasteiger partial charge in [-0.1, -0.05) is 36.2 Å². The Morgan fingerprint density at radius 3 is 2.48 bits per heavy atom. The molecule has 0 unspecified atom stereocenters. The molecule has 0 aromatic heterocycles. The predicted octanol–water partition coefficient (Wildman–Crippen LogP) is 3.04. The van der Waals surface area contributed by atoms with Crippen LogP contribution in [0.25, 0.3) is 6.08 Å². The van der Waals surface area contributed by atoms with Gasteiger partial charge in [-0.05, 0) is 31.6 Å². The van der Waals surface area contributed by atoms with Gasteiger partial charge in [-0.25, -0.2) is 0 Å². The first-order valence-electron chi connectivity index (χ1n) is 6.66. The van der Waals surface area contributed by atoms with Gasteiger partial charge in [0.05, 0.1) is 0 Å². The number of benzene rings is 1. The van der Waals surface area contributed by atoms with Gasteiger partial charge in [0.25, 0.3) is 0 Å². The van der Waals surface area contributed by atoms with Crippen LogP contribution in [0.3, 0.4) is 0 Å². The summed E-state index contributed by atoms with van der Waals surface area (Å²) < 4.78 is 0. The zero-order valence-corrected chi connectivity index (χ0v) is 13.5. The minimum atomic E-state index is -0.601. The largest absolute Gasteiger partial charge is 0.354 e. The first-order valence-corrected chi connectivity index (χ1v) is 7.41. The molecule has 0 aliphatic rings. The molecule has 114 valence electrons. The van der Waals surface area contributed by atoms with E-state index in [0.29, 0.717) is 22.2 Å². The summed E-state index contributed by atoms with van der Waals surface area (Å²) >= 11 is 12.0. The number of carbonyl (C=O) groups is 2. The average molecular weight is 329 g/mol. The molecule has 1 rings (SSSR count). The highest BCUT2D eigenvalue weighted by Gasteiger charge is 2.13. The molecule has 6 heteroatoms. The predicted molar refractivity (Wildman–Crippen MR) is 86.4 cm³/mol. The van der Waals surface area contributed by atoms with E-state index in [9.17, 15) is 9.59 Å². The van der Waals surface area contributed by atoms with Crippen molar-refractivity contribution in [3.63, 3.8) is 0 Å². The van der Waals surface area contributed by atoms with E-state index in [1.54, 1.807) is 25.1 Å². The summed E-state index contributed by atoms with van der Waals surface area (Å²) in [5.41, 5.74) is 0.569. The van der Waals surface area contributed by atoms with Gasteiger partial charge in [0.1, 0.15) is 6.04 Å². The minimum Gasteiger partial charge on any atom is -0.354 e. The van der Waals surface area contributed by atoms with Crippen LogP contribution in [0.4, 0.5) is 0 Å². The second kappa shape index (κ2) is 8.70. The Bertz CT molecular complexity index is 524. The zero-order valence-electron chi connectivity index (χ0n) is 12.0. The summed E-state index contributed by atoms with van der Waals surface area (Å²) in [6, 6.07) is 4.50. The van der Waals surface area contributed by atoms with E-state index in [2.05, 4.69) is 10.6 Å². The number of hydrogen-bond acceptors (Lipinski definition) is 2. The molecule has 21 heavy (non-hydrogen) atoms. The van der Waals surface area contributed by atoms with Crippen LogP contribution in [0, 0.1) is 0 Å². The smallest absolute Gasteiger partial charge is 0.244 e. The van der Waals surface area contributed by atoms with Crippen LogP contribution in [-0.2, 0) is 9.59 Å². The molecule has 0 spiro atoms. The van der Waals surface area contributed by atoms with Crippen LogP contribution in [0.15, 0.2) is 24.3 Å². The van der Waals surface area contributed by atoms with Crippen LogP contribution in [0.1, 0.15) is 25.8 Å². The molecule has 0 saturated heterocycles. The van der Waals surface area contributed by atoms with Crippen molar-refractivity contribution in [3.8, 4) is 0 Å². The summed E-state index contributed by atoms with van der Waals surface area (Å²) in [6.45, 7) is 4.17. The molecule has 1 atom stereocenters. The van der Waals surface area contributed by atoms with Crippen LogP contribution in [0.5, 0.6) is 0 Å². The molecule has 4 nitrogen and oxygen atoms in total. The SMILES string of the molecule is CCCNC(=O)[C@H](C)NC(=O)/C=C/c1c(Cl)cccc1Cl. The second-order valence-electron chi connectivity index (χ2n) is 4.49. The van der Waals surface area contributed by atoms with Gasteiger partial charge in [0, 0.05) is 28.2 Å². The number of halogens is 2. The Kier molecular flexibility index (Phi) is 7.26. The summed E-state index contributed by atoms with van der Waals surface area (Å²) in [6.07, 6.45) is 3.67. The molecule has 2 N–H and O–H groups in total. The van der Waals surface area contributed by atoms with E-state index in [1.807, 2.05) is 6.92 Å². The van der Waals surface area contributed by atoms with Crippen molar-refractivity contribution in [1.29, 1.82) is 0 Å². The fourth-order valence-electron chi connectivity index (χ4n) is 1.56. The van der Waals surface area contributed by atoms with Gasteiger partial charge < -0.3 is 10.6 Å². The molecule has 0 saturated carbocycles. The normalized spacial score (nSPS) is 12.2. The van der Waals surface area contributed by atoms with Crippen LogP contribution in [-0.4, -0.2) is 24.4 Å². The zero-order chi connectivity index (χ0) is 15.8. The number of nitrogens with one attached hydrogen (secondary N) is 2. The number of carbonyl (C=O) groups excluding carboxylic acids is 2. The van der Waals surface area contributed by atoms with Crippen molar-refractivity contribution in [2.24, 2.45) is 0 Å². The molecule has 0 fully saturated rings. The number of hydrogen-bond donors (Lipinski definition) is 2. The van der Waals surface area contributed by atoms with E-state index in [1.165, 1.54) is 12.2 Å². The fourth-order valence-corrected chi connectivity index (χ4v) is 2.08. The number of amides is 2. The van der Waals surface area contributed by atoms with E-state index in [4.69, 9.17) is 23.2 Å². The lowest BCUT2D eigenvalue weighted by molar-refractivity contribution is -0.126. The molecule has 0 radical (unpaired) electrons. The molecular formula is C15H18Cl2N2O2. The second-order valence-corrected chi connectivity index (χ2v) is 5.30. The summed E-state index contributed by atoms with van der Waals surface area (Å²) in [7, 11) is 0. The minimum absolute atomic E-state index is 0.214. The lowest BCUT2D eigenvalue weighted by atomic mass is 10.2. The fraction of sp³-hybridized carbons (Fsp3) is 0.333. The Balaban J connectivity index is 2.61. The lowest BCUT2D eigenvalue weighted by Crippen LogP contribution is -2.44. The Labute approximate surface area is 134 Å². The maximum absolute atomic E-state index is 11.8. The van der Waals surface area contributed by atoms with Crippen molar-refractivity contribution in [3.05, 3.63) is 39.9 Å². The molecule has 0 aliphatic carbocycles. The van der Waals surface area contributed by atoms with Gasteiger partial charge in [-0.15, -0.1) is 0 Å². The van der Waals surface area contributed by atoms with Crippen molar-refractivity contribution in [2.45, 2.75) is 26.3 Å². The monoisotopic (exact) mass is 328 g/mol. The molecule has 0 aliphatic heterocycles. The van der Waals surface area contributed by atoms with Gasteiger partial charge in [0.15, 0.2) is 0 Å². The average Bonchev–Trinajstić information content (AvgIpc) is 2.44. The third-order valence-corrected chi connectivity index (χ3v) is 3.36. The molecule has 1 aromatic carbocycles. The van der Waals surface area contributed by atoms with Gasteiger partial charge >= 0.3 is 0 Å². The quantitative estimate of drug-likeness (QED) is 0.788. The first kappa shape index (κ1) is 17.5. The van der Waals surface area contributed by atoms with Crippen molar-refractivity contribution in [1.82, 2.24) is 10.6 Å². The standard InChI is InChI=1S/C15H18Cl2N2O2/c1-3-9-18-15(21)10(2)19-14(20)8-7-11-12(16)5-4-6-13(11)17/h4-8,10H,3,9H2,1-2H3,(H,18,21)(H,19,20)/b8-7+/t10-/m0/s1. The van der Waals surface area contributed by atoms with E-state index in [0.717, 1.165) is 6.42 Å². The van der Waals surface area contributed by atoms with Crippen LogP contribution < -0.4 is 10.6 Å². The maximum atomic E-state index is 11.8. The third kappa shape index (κ3) is 5.78. The van der Waals surface area contributed by atoms with Crippen molar-refractivity contribution in [2.75, 3.05) is 6.54 Å². The Morgan fingerprint density at radius 2 is 1.90 bits per heavy atom. The van der Waals surface area contributed by atoms with E-state index >= 15 is 0 Å². The summed E-state index contributed by atoms with van der Waals surface area (Å²) in [4.78, 5) is 23.4. The topological polar surface area (TPSA) is 58.2 Å². The molecular weight excluding hydrogens is 311 g/mol. The van der Waals surface area contributed by atoms with E-state index in [-0.39, 0.29) is 11.8 Å². The Hall–Kier alpha value is -1.52. The van der Waals surface area contributed by atoms with Crippen molar-refractivity contribution >= 4 is 41.1 Å². The molecule has 2 amide bonds. The molecule has 0 heterocycles. The maximum Gasteiger partial charge on any atom is 0.244 e. The van der Waals surface area contributed by atoms with E-state index < -0.39 is 6.04 Å². The van der Waals surface area contributed by atoms with Gasteiger partial charge in [-0.3, -0.25) is 9.59 Å². The molecule has 0 bridgehead atoms. The lowest BCUT2D eigenvalue weighted by Gasteiger charge is -2.12. The first-order chi connectivity index (χ1) is 9.95. The van der Waals surface area contributed by atoms with Gasteiger partial charge in [0.2, 0.25) is 11.8 Å². The van der Waals surface area contributed by atoms with Crippen LogP contribution in [0.2, 0.25) is 10.0 Å². The highest BCUT2D eigenvalue weighted by atomic mass is 35.5. The molecule has 1 aromatic rings. The van der Waals surface area contributed by atoms with Crippen molar-refractivity contribution < 1.29 is 9.59 Å². The summed E-state index contributed by atoms with van der Waals surface area (Å²) in [5.74, 6) is -0.598. The van der Waals surface area contributed by atoms with Gasteiger partial charge in [-0.2, -0.15) is 0 Å². The summed E-state index contributed by atoms with van der Waals surface area (Å²) in [5, 5.41) is 6.20. The highest BCUT2D eigenvalue weighted by Crippen LogP contribution is 2.25. The Morgan fingerprint density at radius 1 is 1.29 bits per heavy atom. The van der Waals surface area contributed by atoms with Crippen LogP contribution >= 0.6 is 23.2 Å². The number of rotatable bonds is 6. The highest BCUT2D eigenvalue weighted by molar-refractivity contribution is 6.37. The third-order valence-electron chi connectivity index (χ3n) is 2.70.